The van der Waals surface area contributed by atoms with Crippen molar-refractivity contribution in [1.29, 1.82) is 0 Å². The first-order chi connectivity index (χ1) is 14.1. The Bertz CT molecular complexity index is 952. The topological polar surface area (TPSA) is 81.7 Å². The van der Waals surface area contributed by atoms with Crippen LogP contribution in [0.5, 0.6) is 17.2 Å². The van der Waals surface area contributed by atoms with Crippen molar-refractivity contribution in [2.75, 3.05) is 26.6 Å². The van der Waals surface area contributed by atoms with Crippen LogP contribution in [0.15, 0.2) is 60.8 Å². The van der Waals surface area contributed by atoms with E-state index in [1.54, 1.807) is 51.8 Å². The highest BCUT2D eigenvalue weighted by molar-refractivity contribution is 5.93. The molecule has 0 aliphatic heterocycles. The summed E-state index contributed by atoms with van der Waals surface area (Å²) in [6.07, 6.45) is 1.58. The average molecular weight is 393 g/mol. The number of hydrogen-bond donors (Lipinski definition) is 2. The molecule has 3 aromatic rings. The van der Waals surface area contributed by atoms with E-state index in [0.29, 0.717) is 35.2 Å². The molecule has 29 heavy (non-hydrogen) atoms. The summed E-state index contributed by atoms with van der Waals surface area (Å²) in [6.45, 7) is 0.436. The fourth-order valence-electron chi connectivity index (χ4n) is 2.82. The Kier molecular flexibility index (Phi) is 6.52. The Morgan fingerprint density at radius 1 is 0.897 bits per heavy atom. The van der Waals surface area contributed by atoms with E-state index in [-0.39, 0.29) is 5.91 Å². The molecule has 1 aromatic heterocycles. The summed E-state index contributed by atoms with van der Waals surface area (Å²) in [5.41, 5.74) is 2.77. The molecule has 7 nitrogen and oxygen atoms in total. The minimum absolute atomic E-state index is 0.248. The van der Waals surface area contributed by atoms with Crippen LogP contribution in [-0.4, -0.2) is 32.2 Å². The number of benzene rings is 2. The zero-order valence-electron chi connectivity index (χ0n) is 16.6. The number of nitrogens with zero attached hydrogens (tertiary/aromatic N) is 1. The Balaban J connectivity index is 1.75. The molecule has 0 bridgehead atoms. The summed E-state index contributed by atoms with van der Waals surface area (Å²) in [5.74, 6) is 1.33. The fraction of sp³-hybridized carbons (Fsp3) is 0.182. The Labute approximate surface area is 169 Å². The average Bonchev–Trinajstić information content (AvgIpc) is 2.77. The van der Waals surface area contributed by atoms with Crippen molar-refractivity contribution in [3.8, 4) is 17.2 Å². The van der Waals surface area contributed by atoms with Crippen molar-refractivity contribution in [2.45, 2.75) is 6.54 Å². The maximum absolute atomic E-state index is 12.4. The van der Waals surface area contributed by atoms with Gasteiger partial charge in [-0.2, -0.15) is 0 Å². The van der Waals surface area contributed by atoms with Gasteiger partial charge in [0.1, 0.15) is 5.69 Å². The van der Waals surface area contributed by atoms with Gasteiger partial charge in [-0.05, 0) is 17.7 Å². The molecular weight excluding hydrogens is 370 g/mol. The second-order valence-electron chi connectivity index (χ2n) is 6.14. The number of methoxy groups -OCH3 is 3. The first-order valence-electron chi connectivity index (χ1n) is 8.99. The van der Waals surface area contributed by atoms with Crippen LogP contribution in [0, 0.1) is 0 Å². The number of amides is 1. The summed E-state index contributed by atoms with van der Waals surface area (Å²) in [6, 6.07) is 16.7. The number of carbonyl (C=O) groups is 1. The molecular formula is C22H23N3O4. The van der Waals surface area contributed by atoms with Crippen molar-refractivity contribution in [2.24, 2.45) is 0 Å². The standard InChI is InChI=1S/C22H23N3O4/c1-27-19-12-17(13-20(28-2)21(19)29-3)25-16-9-10-23-18(11-16)22(26)24-14-15-7-5-4-6-8-15/h4-13H,14H2,1-3H3,(H,23,25)(H,24,26). The highest BCUT2D eigenvalue weighted by Gasteiger charge is 2.14. The predicted octanol–water partition coefficient (Wildman–Crippen LogP) is 3.78. The van der Waals surface area contributed by atoms with Gasteiger partial charge in [0.25, 0.3) is 5.91 Å². The van der Waals surface area contributed by atoms with Crippen LogP contribution >= 0.6 is 0 Å². The van der Waals surface area contributed by atoms with Gasteiger partial charge in [-0.15, -0.1) is 0 Å². The van der Waals surface area contributed by atoms with Crippen molar-refractivity contribution in [3.63, 3.8) is 0 Å². The van der Waals surface area contributed by atoms with Crippen LogP contribution in [0.25, 0.3) is 0 Å². The monoisotopic (exact) mass is 393 g/mol. The van der Waals surface area contributed by atoms with Crippen LogP contribution in [-0.2, 0) is 6.54 Å². The molecule has 7 heteroatoms. The van der Waals surface area contributed by atoms with Gasteiger partial charge in [-0.3, -0.25) is 9.78 Å². The minimum atomic E-state index is -0.248. The molecule has 2 aromatic carbocycles. The molecule has 0 unspecified atom stereocenters. The first kappa shape index (κ1) is 20.0. The van der Waals surface area contributed by atoms with Gasteiger partial charge in [-0.25, -0.2) is 0 Å². The normalized spacial score (nSPS) is 10.2. The van der Waals surface area contributed by atoms with E-state index in [4.69, 9.17) is 14.2 Å². The van der Waals surface area contributed by atoms with E-state index in [2.05, 4.69) is 15.6 Å². The SMILES string of the molecule is COc1cc(Nc2ccnc(C(=O)NCc3ccccc3)c2)cc(OC)c1OC. The maximum Gasteiger partial charge on any atom is 0.270 e. The van der Waals surface area contributed by atoms with E-state index in [9.17, 15) is 4.79 Å². The van der Waals surface area contributed by atoms with Crippen molar-refractivity contribution in [3.05, 3.63) is 72.1 Å². The summed E-state index contributed by atoms with van der Waals surface area (Å²) in [4.78, 5) is 16.6. The van der Waals surface area contributed by atoms with E-state index < -0.39 is 0 Å². The number of aromatic nitrogens is 1. The highest BCUT2D eigenvalue weighted by Crippen LogP contribution is 2.40. The lowest BCUT2D eigenvalue weighted by Crippen LogP contribution is -2.23. The number of hydrogen-bond acceptors (Lipinski definition) is 6. The molecule has 0 aliphatic rings. The molecule has 0 saturated heterocycles. The molecule has 0 aliphatic carbocycles. The lowest BCUT2D eigenvalue weighted by atomic mass is 10.2. The predicted molar refractivity (Wildman–Crippen MR) is 111 cm³/mol. The van der Waals surface area contributed by atoms with Crippen molar-refractivity contribution < 1.29 is 19.0 Å². The molecule has 0 fully saturated rings. The van der Waals surface area contributed by atoms with Crippen molar-refractivity contribution in [1.82, 2.24) is 10.3 Å². The molecule has 3 rings (SSSR count). The largest absolute Gasteiger partial charge is 0.493 e. The lowest BCUT2D eigenvalue weighted by Gasteiger charge is -2.15. The lowest BCUT2D eigenvalue weighted by molar-refractivity contribution is 0.0946. The Morgan fingerprint density at radius 2 is 1.59 bits per heavy atom. The number of anilines is 2. The van der Waals surface area contributed by atoms with Gasteiger partial charge in [-0.1, -0.05) is 30.3 Å². The second-order valence-corrected chi connectivity index (χ2v) is 6.14. The van der Waals surface area contributed by atoms with Crippen LogP contribution in [0.2, 0.25) is 0 Å². The first-order valence-corrected chi connectivity index (χ1v) is 8.99. The smallest absolute Gasteiger partial charge is 0.270 e. The second kappa shape index (κ2) is 9.45. The third kappa shape index (κ3) is 4.95. The third-order valence-electron chi connectivity index (χ3n) is 4.24. The molecule has 0 atom stereocenters. The summed E-state index contributed by atoms with van der Waals surface area (Å²) in [7, 11) is 4.67. The van der Waals surface area contributed by atoms with Gasteiger partial charge < -0.3 is 24.8 Å². The van der Waals surface area contributed by atoms with Crippen LogP contribution in [0.4, 0.5) is 11.4 Å². The van der Waals surface area contributed by atoms with Gasteiger partial charge >= 0.3 is 0 Å². The number of nitrogens with one attached hydrogen (secondary N) is 2. The molecule has 150 valence electrons. The van der Waals surface area contributed by atoms with Gasteiger partial charge in [0.15, 0.2) is 11.5 Å². The Hall–Kier alpha value is -3.74. The van der Waals surface area contributed by atoms with E-state index in [0.717, 1.165) is 11.3 Å². The maximum atomic E-state index is 12.4. The molecule has 0 saturated carbocycles. The molecule has 0 radical (unpaired) electrons. The number of ether oxygens (including phenoxy) is 3. The number of rotatable bonds is 8. The fourth-order valence-corrected chi connectivity index (χ4v) is 2.82. The van der Waals surface area contributed by atoms with Gasteiger partial charge in [0, 0.05) is 36.2 Å². The number of pyridine rings is 1. The quantitative estimate of drug-likeness (QED) is 0.606. The van der Waals surface area contributed by atoms with E-state index >= 15 is 0 Å². The van der Waals surface area contributed by atoms with Gasteiger partial charge in [0.05, 0.1) is 21.3 Å². The van der Waals surface area contributed by atoms with Crippen LogP contribution < -0.4 is 24.8 Å². The summed E-state index contributed by atoms with van der Waals surface area (Å²) >= 11 is 0. The minimum Gasteiger partial charge on any atom is -0.493 e. The molecule has 1 heterocycles. The van der Waals surface area contributed by atoms with Crippen LogP contribution in [0.1, 0.15) is 16.1 Å². The summed E-state index contributed by atoms with van der Waals surface area (Å²) < 4.78 is 16.1. The third-order valence-corrected chi connectivity index (χ3v) is 4.24. The highest BCUT2D eigenvalue weighted by atomic mass is 16.5. The van der Waals surface area contributed by atoms with Crippen LogP contribution in [0.3, 0.4) is 0 Å². The van der Waals surface area contributed by atoms with E-state index in [1.165, 1.54) is 0 Å². The molecule has 0 spiro atoms. The summed E-state index contributed by atoms with van der Waals surface area (Å²) in [5, 5.41) is 6.11. The zero-order valence-corrected chi connectivity index (χ0v) is 16.6. The Morgan fingerprint density at radius 3 is 2.21 bits per heavy atom. The zero-order chi connectivity index (χ0) is 20.6. The molecule has 1 amide bonds. The van der Waals surface area contributed by atoms with Gasteiger partial charge in [0.2, 0.25) is 5.75 Å². The van der Waals surface area contributed by atoms with Crippen molar-refractivity contribution >= 4 is 17.3 Å². The molecule has 2 N–H and O–H groups in total. The number of carbonyl (C=O) groups excluding carboxylic acids is 1. The van der Waals surface area contributed by atoms with E-state index in [1.807, 2.05) is 30.3 Å².